The Labute approximate surface area is 146 Å². The lowest BCUT2D eigenvalue weighted by molar-refractivity contribution is -0.0846. The summed E-state index contributed by atoms with van der Waals surface area (Å²) in [7, 11) is 0. The van der Waals surface area contributed by atoms with Gasteiger partial charge in [0.05, 0.1) is 24.3 Å². The molecule has 1 aromatic carbocycles. The summed E-state index contributed by atoms with van der Waals surface area (Å²) in [6.07, 6.45) is 1.12. The number of carbonyl (C=O) groups excluding carboxylic acids is 1. The normalized spacial score (nSPS) is 19.4. The minimum atomic E-state index is -1.12. The number of rotatable bonds is 3. The number of hydrogen-bond acceptors (Lipinski definition) is 4. The quantitative estimate of drug-likeness (QED) is 0.929. The monoisotopic (exact) mass is 340 g/mol. The van der Waals surface area contributed by atoms with Crippen molar-refractivity contribution in [2.24, 2.45) is 0 Å². The maximum Gasteiger partial charge on any atom is 0.354 e. The van der Waals surface area contributed by atoms with E-state index in [1.165, 1.54) is 18.3 Å². The number of carbonyl (C=O) groups is 2. The minimum absolute atomic E-state index is 0.0834. The average molecular weight is 340 g/mol. The number of aromatic nitrogens is 1. The molecule has 0 unspecified atom stereocenters. The fourth-order valence-corrected chi connectivity index (χ4v) is 2.88. The van der Waals surface area contributed by atoms with Crippen LogP contribution < -0.4 is 0 Å². The number of carboxylic acid groups (broad SMARTS) is 1. The molecule has 1 aliphatic heterocycles. The zero-order valence-electron chi connectivity index (χ0n) is 14.2. The molecular formula is C19H20N2O4. The van der Waals surface area contributed by atoms with E-state index in [9.17, 15) is 9.59 Å². The first-order valence-electron chi connectivity index (χ1n) is 8.06. The van der Waals surface area contributed by atoms with Gasteiger partial charge in [-0.2, -0.15) is 0 Å². The number of nitrogens with zero attached hydrogens (tertiary/aromatic N) is 2. The SMILES string of the molecule is CC1(C)CO[C@@H](c2ccccc2)CN1C(=O)c1ccc(C(=O)O)nc1. The van der Waals surface area contributed by atoms with Gasteiger partial charge in [0.25, 0.3) is 5.91 Å². The Kier molecular flexibility index (Phi) is 4.55. The first-order chi connectivity index (χ1) is 11.9. The van der Waals surface area contributed by atoms with Crippen LogP contribution in [-0.2, 0) is 4.74 Å². The van der Waals surface area contributed by atoms with E-state index in [0.717, 1.165) is 5.56 Å². The molecule has 0 saturated carbocycles. The van der Waals surface area contributed by atoms with Crippen LogP contribution in [0.2, 0.25) is 0 Å². The second kappa shape index (κ2) is 6.64. The molecule has 2 heterocycles. The summed E-state index contributed by atoms with van der Waals surface area (Å²) in [5.74, 6) is -1.30. The zero-order valence-corrected chi connectivity index (χ0v) is 14.2. The number of carboxylic acids is 1. The highest BCUT2D eigenvalue weighted by Gasteiger charge is 2.39. The van der Waals surface area contributed by atoms with Crippen molar-refractivity contribution in [3.05, 3.63) is 65.5 Å². The number of morpholine rings is 1. The van der Waals surface area contributed by atoms with E-state index < -0.39 is 11.5 Å². The van der Waals surface area contributed by atoms with Gasteiger partial charge in [0.2, 0.25) is 0 Å². The third kappa shape index (κ3) is 3.53. The number of aromatic carboxylic acids is 1. The molecule has 0 bridgehead atoms. The van der Waals surface area contributed by atoms with Crippen LogP contribution in [0.1, 0.15) is 46.4 Å². The van der Waals surface area contributed by atoms with Crippen molar-refractivity contribution in [2.45, 2.75) is 25.5 Å². The number of pyridine rings is 1. The molecule has 0 radical (unpaired) electrons. The Hall–Kier alpha value is -2.73. The van der Waals surface area contributed by atoms with E-state index in [0.29, 0.717) is 18.7 Å². The lowest BCUT2D eigenvalue weighted by Crippen LogP contribution is -2.56. The molecule has 1 saturated heterocycles. The summed E-state index contributed by atoms with van der Waals surface area (Å²) in [6.45, 7) is 4.74. The summed E-state index contributed by atoms with van der Waals surface area (Å²) in [5.41, 5.74) is 0.843. The number of amides is 1. The highest BCUT2D eigenvalue weighted by molar-refractivity contribution is 5.95. The third-order valence-corrected chi connectivity index (χ3v) is 4.36. The predicted molar refractivity (Wildman–Crippen MR) is 91.4 cm³/mol. The van der Waals surface area contributed by atoms with E-state index in [-0.39, 0.29) is 17.7 Å². The van der Waals surface area contributed by atoms with Gasteiger partial charge in [-0.1, -0.05) is 30.3 Å². The summed E-state index contributed by atoms with van der Waals surface area (Å²) < 4.78 is 5.96. The van der Waals surface area contributed by atoms with Crippen LogP contribution in [0.15, 0.2) is 48.7 Å². The van der Waals surface area contributed by atoms with E-state index in [4.69, 9.17) is 9.84 Å². The van der Waals surface area contributed by atoms with Crippen molar-refractivity contribution in [1.29, 1.82) is 0 Å². The molecule has 1 aromatic heterocycles. The van der Waals surface area contributed by atoms with Gasteiger partial charge in [0.1, 0.15) is 11.8 Å². The van der Waals surface area contributed by atoms with Crippen LogP contribution in [0.3, 0.4) is 0 Å². The Balaban J connectivity index is 1.84. The highest BCUT2D eigenvalue weighted by Crippen LogP contribution is 2.31. The predicted octanol–water partition coefficient (Wildman–Crippen LogP) is 2.77. The number of benzene rings is 1. The summed E-state index contributed by atoms with van der Waals surface area (Å²) in [4.78, 5) is 29.5. The van der Waals surface area contributed by atoms with E-state index in [2.05, 4.69) is 4.98 Å². The van der Waals surface area contributed by atoms with E-state index in [1.807, 2.05) is 44.2 Å². The molecule has 1 amide bonds. The summed E-state index contributed by atoms with van der Waals surface area (Å²) >= 11 is 0. The van der Waals surface area contributed by atoms with E-state index >= 15 is 0 Å². The molecule has 6 heteroatoms. The van der Waals surface area contributed by atoms with Crippen molar-refractivity contribution in [1.82, 2.24) is 9.88 Å². The maximum atomic E-state index is 13.0. The Morgan fingerprint density at radius 1 is 1.20 bits per heavy atom. The largest absolute Gasteiger partial charge is 0.477 e. The van der Waals surface area contributed by atoms with Crippen molar-refractivity contribution in [3.63, 3.8) is 0 Å². The molecule has 0 spiro atoms. The molecule has 25 heavy (non-hydrogen) atoms. The lowest BCUT2D eigenvalue weighted by atomic mass is 9.97. The van der Waals surface area contributed by atoms with Crippen molar-refractivity contribution < 1.29 is 19.4 Å². The molecule has 1 N–H and O–H groups in total. The Morgan fingerprint density at radius 3 is 2.52 bits per heavy atom. The van der Waals surface area contributed by atoms with Gasteiger partial charge in [-0.3, -0.25) is 4.79 Å². The molecule has 3 rings (SSSR count). The lowest BCUT2D eigenvalue weighted by Gasteiger charge is -2.45. The van der Waals surface area contributed by atoms with E-state index in [1.54, 1.807) is 4.90 Å². The van der Waals surface area contributed by atoms with Gasteiger partial charge in [-0.15, -0.1) is 0 Å². The Morgan fingerprint density at radius 2 is 1.92 bits per heavy atom. The van der Waals surface area contributed by atoms with Gasteiger partial charge in [-0.05, 0) is 31.5 Å². The van der Waals surface area contributed by atoms with Gasteiger partial charge < -0.3 is 14.7 Å². The molecule has 1 fully saturated rings. The van der Waals surface area contributed by atoms with Crippen LogP contribution in [0, 0.1) is 0 Å². The van der Waals surface area contributed by atoms with Crippen LogP contribution in [0.25, 0.3) is 0 Å². The number of ether oxygens (including phenoxy) is 1. The van der Waals surface area contributed by atoms with Gasteiger partial charge in [0.15, 0.2) is 0 Å². The smallest absolute Gasteiger partial charge is 0.354 e. The molecule has 0 aliphatic carbocycles. The second-order valence-electron chi connectivity index (χ2n) is 6.68. The Bertz CT molecular complexity index is 772. The average Bonchev–Trinajstić information content (AvgIpc) is 2.62. The third-order valence-electron chi connectivity index (χ3n) is 4.36. The molecule has 6 nitrogen and oxygen atoms in total. The van der Waals surface area contributed by atoms with Crippen LogP contribution in [0.5, 0.6) is 0 Å². The van der Waals surface area contributed by atoms with Crippen molar-refractivity contribution in [2.75, 3.05) is 13.2 Å². The van der Waals surface area contributed by atoms with Gasteiger partial charge in [-0.25, -0.2) is 9.78 Å². The standard InChI is InChI=1S/C19H20N2O4/c1-19(2)12-25-16(13-6-4-3-5-7-13)11-21(19)17(22)14-8-9-15(18(23)24)20-10-14/h3-10,16H,11-12H2,1-2H3,(H,23,24)/t16-/m1/s1. The fraction of sp³-hybridized carbons (Fsp3) is 0.316. The van der Waals surface area contributed by atoms with Gasteiger partial charge in [0, 0.05) is 6.20 Å². The number of hydrogen-bond donors (Lipinski definition) is 1. The minimum Gasteiger partial charge on any atom is -0.477 e. The molecule has 2 aromatic rings. The summed E-state index contributed by atoms with van der Waals surface area (Å²) in [5, 5.41) is 8.93. The van der Waals surface area contributed by atoms with Crippen LogP contribution >= 0.6 is 0 Å². The summed E-state index contributed by atoms with van der Waals surface area (Å²) in [6, 6.07) is 12.6. The van der Waals surface area contributed by atoms with Crippen LogP contribution in [-0.4, -0.2) is 45.6 Å². The maximum absolute atomic E-state index is 13.0. The van der Waals surface area contributed by atoms with Crippen molar-refractivity contribution >= 4 is 11.9 Å². The topological polar surface area (TPSA) is 79.7 Å². The molecule has 1 atom stereocenters. The molecule has 130 valence electrons. The van der Waals surface area contributed by atoms with Crippen LogP contribution in [0.4, 0.5) is 0 Å². The molecular weight excluding hydrogens is 320 g/mol. The first kappa shape index (κ1) is 17.1. The van der Waals surface area contributed by atoms with Crippen molar-refractivity contribution in [3.8, 4) is 0 Å². The molecule has 1 aliphatic rings. The second-order valence-corrected chi connectivity index (χ2v) is 6.68. The zero-order chi connectivity index (χ0) is 18.0. The highest BCUT2D eigenvalue weighted by atomic mass is 16.5. The first-order valence-corrected chi connectivity index (χ1v) is 8.06. The van der Waals surface area contributed by atoms with Gasteiger partial charge >= 0.3 is 5.97 Å². The fourth-order valence-electron chi connectivity index (χ4n) is 2.88.